The van der Waals surface area contributed by atoms with Crippen molar-refractivity contribution < 1.29 is 14.3 Å². The van der Waals surface area contributed by atoms with Crippen molar-refractivity contribution in [2.45, 2.75) is 44.6 Å². The molecule has 1 saturated heterocycles. The Morgan fingerprint density at radius 3 is 2.70 bits per heavy atom. The second-order valence-corrected chi connectivity index (χ2v) is 7.36. The molecule has 1 aliphatic heterocycles. The Morgan fingerprint density at radius 1 is 1.19 bits per heavy atom. The molecule has 0 spiro atoms. The van der Waals surface area contributed by atoms with Crippen LogP contribution in [-0.4, -0.2) is 52.7 Å². The molecular formula is C20H26N4O3. The molecular weight excluding hydrogens is 344 g/mol. The smallest absolute Gasteiger partial charge is 0.259 e. The summed E-state index contributed by atoms with van der Waals surface area (Å²) in [5.41, 5.74) is 1.66. The predicted octanol–water partition coefficient (Wildman–Crippen LogP) is 2.96. The van der Waals surface area contributed by atoms with Gasteiger partial charge in [-0.05, 0) is 38.7 Å². The summed E-state index contributed by atoms with van der Waals surface area (Å²) in [6.07, 6.45) is 6.45. The van der Waals surface area contributed by atoms with E-state index in [-0.39, 0.29) is 11.9 Å². The van der Waals surface area contributed by atoms with Crippen LogP contribution in [-0.2, 0) is 0 Å². The van der Waals surface area contributed by atoms with Gasteiger partial charge in [0.1, 0.15) is 11.4 Å². The largest absolute Gasteiger partial charge is 0.481 e. The van der Waals surface area contributed by atoms with E-state index in [1.165, 1.54) is 31.5 Å². The number of amides is 1. The van der Waals surface area contributed by atoms with E-state index < -0.39 is 0 Å². The highest BCUT2D eigenvalue weighted by Crippen LogP contribution is 2.41. The highest BCUT2D eigenvalue weighted by molar-refractivity contribution is 5.96. The van der Waals surface area contributed by atoms with E-state index in [9.17, 15) is 4.79 Å². The molecule has 1 saturated carbocycles. The number of aromatic nitrogens is 3. The second-order valence-electron chi connectivity index (χ2n) is 7.36. The van der Waals surface area contributed by atoms with Crippen molar-refractivity contribution in [2.24, 2.45) is 0 Å². The van der Waals surface area contributed by atoms with E-state index in [4.69, 9.17) is 9.47 Å². The summed E-state index contributed by atoms with van der Waals surface area (Å²) >= 11 is 0. The van der Waals surface area contributed by atoms with E-state index in [2.05, 4.69) is 21.5 Å². The topological polar surface area (TPSA) is 69.5 Å². The molecule has 2 aromatic rings. The van der Waals surface area contributed by atoms with Gasteiger partial charge in [-0.3, -0.25) is 4.79 Å². The van der Waals surface area contributed by atoms with Gasteiger partial charge in [-0.2, -0.15) is 4.98 Å². The molecule has 1 amide bonds. The van der Waals surface area contributed by atoms with Crippen molar-refractivity contribution in [3.63, 3.8) is 0 Å². The Morgan fingerprint density at radius 2 is 2.00 bits per heavy atom. The number of carbonyl (C=O) groups is 1. The fourth-order valence-corrected chi connectivity index (χ4v) is 3.96. The van der Waals surface area contributed by atoms with Crippen LogP contribution in [0.1, 0.15) is 59.5 Å². The quantitative estimate of drug-likeness (QED) is 0.809. The second kappa shape index (κ2) is 7.21. The molecule has 2 fully saturated rings. The zero-order chi connectivity index (χ0) is 19.0. The average Bonchev–Trinajstić information content (AvgIpc) is 3.48. The summed E-state index contributed by atoms with van der Waals surface area (Å²) in [5, 5.41) is 0. The summed E-state index contributed by atoms with van der Waals surface area (Å²) < 4.78 is 12.8. The van der Waals surface area contributed by atoms with Gasteiger partial charge in [-0.25, -0.2) is 4.98 Å². The minimum Gasteiger partial charge on any atom is -0.481 e. The molecule has 27 heavy (non-hydrogen) atoms. The molecule has 2 aromatic heterocycles. The Hall–Kier alpha value is -2.57. The SMILES string of the molecule is COc1ccc(C(=O)N2CCCC(n3c(C)cnc3C3CC3)C2)c(OC)n1. The number of nitrogens with zero attached hydrogens (tertiary/aromatic N) is 4. The Balaban J connectivity index is 1.57. The normalized spacial score (nSPS) is 19.8. The summed E-state index contributed by atoms with van der Waals surface area (Å²) in [5.74, 6) is 2.48. The van der Waals surface area contributed by atoms with E-state index in [0.29, 0.717) is 29.8 Å². The molecule has 1 unspecified atom stereocenters. The number of rotatable bonds is 5. The van der Waals surface area contributed by atoms with Gasteiger partial charge < -0.3 is 18.9 Å². The molecule has 7 heteroatoms. The van der Waals surface area contributed by atoms with Crippen LogP contribution in [0.4, 0.5) is 0 Å². The van der Waals surface area contributed by atoms with Crippen molar-refractivity contribution in [3.8, 4) is 11.8 Å². The number of ether oxygens (including phenoxy) is 2. The Bertz CT molecular complexity index is 844. The number of hydrogen-bond acceptors (Lipinski definition) is 5. The first-order valence-electron chi connectivity index (χ1n) is 9.54. The standard InChI is InChI=1S/C20H26N4O3/c1-13-11-21-18(14-6-7-14)24(13)15-5-4-10-23(12-15)20(25)16-8-9-17(26-2)22-19(16)27-3/h8-9,11,14-15H,4-7,10,12H2,1-3H3. The third-order valence-corrected chi connectivity index (χ3v) is 5.47. The first-order valence-corrected chi connectivity index (χ1v) is 9.54. The number of carbonyl (C=O) groups excluding carboxylic acids is 1. The highest BCUT2D eigenvalue weighted by Gasteiger charge is 2.34. The molecule has 144 valence electrons. The summed E-state index contributed by atoms with van der Waals surface area (Å²) in [7, 11) is 3.07. The number of pyridine rings is 1. The van der Waals surface area contributed by atoms with Crippen molar-refractivity contribution in [3.05, 3.63) is 35.4 Å². The van der Waals surface area contributed by atoms with Gasteiger partial charge in [-0.1, -0.05) is 0 Å². The van der Waals surface area contributed by atoms with Crippen LogP contribution >= 0.6 is 0 Å². The van der Waals surface area contributed by atoms with Gasteiger partial charge in [0.05, 0.1) is 20.3 Å². The number of imidazole rings is 1. The van der Waals surface area contributed by atoms with Gasteiger partial charge in [0, 0.05) is 37.0 Å². The molecule has 0 radical (unpaired) electrons. The zero-order valence-electron chi connectivity index (χ0n) is 16.1. The fraction of sp³-hybridized carbons (Fsp3) is 0.550. The fourth-order valence-electron chi connectivity index (χ4n) is 3.96. The van der Waals surface area contributed by atoms with Gasteiger partial charge in [0.15, 0.2) is 0 Å². The third kappa shape index (κ3) is 3.38. The van der Waals surface area contributed by atoms with Crippen molar-refractivity contribution in [2.75, 3.05) is 27.3 Å². The van der Waals surface area contributed by atoms with Crippen LogP contribution < -0.4 is 9.47 Å². The average molecular weight is 370 g/mol. The lowest BCUT2D eigenvalue weighted by Crippen LogP contribution is -2.41. The minimum absolute atomic E-state index is 0.0440. The van der Waals surface area contributed by atoms with E-state index in [1.54, 1.807) is 19.2 Å². The summed E-state index contributed by atoms with van der Waals surface area (Å²) in [6.45, 7) is 3.54. The first-order chi connectivity index (χ1) is 13.1. The Labute approximate surface area is 159 Å². The summed E-state index contributed by atoms with van der Waals surface area (Å²) in [4.78, 5) is 24.0. The van der Waals surface area contributed by atoms with Gasteiger partial charge in [0.2, 0.25) is 11.8 Å². The minimum atomic E-state index is -0.0440. The molecule has 0 aromatic carbocycles. The molecule has 0 N–H and O–H groups in total. The monoisotopic (exact) mass is 370 g/mol. The maximum absolute atomic E-state index is 13.2. The van der Waals surface area contributed by atoms with Crippen LogP contribution in [0.5, 0.6) is 11.8 Å². The number of methoxy groups -OCH3 is 2. The molecule has 3 heterocycles. The molecule has 1 atom stereocenters. The van der Waals surface area contributed by atoms with Gasteiger partial charge in [-0.15, -0.1) is 0 Å². The van der Waals surface area contributed by atoms with Crippen molar-refractivity contribution >= 4 is 5.91 Å². The van der Waals surface area contributed by atoms with E-state index in [0.717, 1.165) is 19.4 Å². The van der Waals surface area contributed by atoms with Crippen LogP contribution in [0.15, 0.2) is 18.3 Å². The molecule has 2 aliphatic rings. The van der Waals surface area contributed by atoms with Crippen molar-refractivity contribution in [1.82, 2.24) is 19.4 Å². The number of hydrogen-bond donors (Lipinski definition) is 0. The van der Waals surface area contributed by atoms with Crippen LogP contribution in [0.2, 0.25) is 0 Å². The van der Waals surface area contributed by atoms with E-state index in [1.807, 2.05) is 11.1 Å². The molecule has 0 bridgehead atoms. The predicted molar refractivity (Wildman–Crippen MR) is 100 cm³/mol. The molecule has 1 aliphatic carbocycles. The molecule has 7 nitrogen and oxygen atoms in total. The lowest BCUT2D eigenvalue weighted by Gasteiger charge is -2.35. The maximum atomic E-state index is 13.2. The van der Waals surface area contributed by atoms with Crippen LogP contribution in [0.25, 0.3) is 0 Å². The highest BCUT2D eigenvalue weighted by atomic mass is 16.5. The van der Waals surface area contributed by atoms with Gasteiger partial charge >= 0.3 is 0 Å². The Kier molecular flexibility index (Phi) is 4.76. The van der Waals surface area contributed by atoms with Crippen LogP contribution in [0, 0.1) is 6.92 Å². The first kappa shape index (κ1) is 17.8. The van der Waals surface area contributed by atoms with Gasteiger partial charge in [0.25, 0.3) is 5.91 Å². The maximum Gasteiger partial charge on any atom is 0.259 e. The number of aryl methyl sites for hydroxylation is 1. The third-order valence-electron chi connectivity index (χ3n) is 5.47. The van der Waals surface area contributed by atoms with Crippen LogP contribution in [0.3, 0.4) is 0 Å². The van der Waals surface area contributed by atoms with E-state index >= 15 is 0 Å². The zero-order valence-corrected chi connectivity index (χ0v) is 16.1. The number of piperidine rings is 1. The van der Waals surface area contributed by atoms with Crippen molar-refractivity contribution in [1.29, 1.82) is 0 Å². The molecule has 4 rings (SSSR count). The number of likely N-dealkylation sites (tertiary alicyclic amines) is 1. The lowest BCUT2D eigenvalue weighted by molar-refractivity contribution is 0.0672. The summed E-state index contributed by atoms with van der Waals surface area (Å²) in [6, 6.07) is 3.70. The lowest BCUT2D eigenvalue weighted by atomic mass is 10.0.